The van der Waals surface area contributed by atoms with Crippen LogP contribution < -0.4 is 14.2 Å². The Labute approximate surface area is 230 Å². The molecule has 0 aliphatic carbocycles. The van der Waals surface area contributed by atoms with E-state index in [0.717, 1.165) is 11.1 Å². The average Bonchev–Trinajstić information content (AvgIpc) is 3.48. The highest BCUT2D eigenvalue weighted by atomic mass is 35.5. The van der Waals surface area contributed by atoms with Crippen LogP contribution >= 0.6 is 11.6 Å². The third-order valence-electron chi connectivity index (χ3n) is 6.77. The van der Waals surface area contributed by atoms with E-state index in [2.05, 4.69) is 10.2 Å². The largest absolute Gasteiger partial charge is 0.507 e. The number of amides is 1. The number of phenols is 2. The average molecular weight is 550 g/mol. The minimum atomic E-state index is -0.570. The minimum Gasteiger partial charge on any atom is -0.507 e. The number of phenolic OH excluding ortho intramolecular Hbond substituents is 2. The number of carbonyl (C=O) groups excluding carboxylic acids is 1. The molecule has 0 radical (unpaired) electrons. The van der Waals surface area contributed by atoms with Gasteiger partial charge in [0.1, 0.15) is 17.1 Å². The van der Waals surface area contributed by atoms with Crippen LogP contribution in [0.15, 0.2) is 54.6 Å². The van der Waals surface area contributed by atoms with E-state index in [0.29, 0.717) is 64.4 Å². The van der Waals surface area contributed by atoms with Gasteiger partial charge in [0.05, 0.1) is 26.9 Å². The Balaban J connectivity index is 1.59. The predicted octanol–water partition coefficient (Wildman–Crippen LogP) is 5.35. The molecule has 2 heterocycles. The van der Waals surface area contributed by atoms with Crippen LogP contribution in [0.5, 0.6) is 28.7 Å². The van der Waals surface area contributed by atoms with Gasteiger partial charge in [-0.15, -0.1) is 0 Å². The summed E-state index contributed by atoms with van der Waals surface area (Å²) in [5.74, 6) is 1.29. The van der Waals surface area contributed by atoms with Crippen LogP contribution in [0, 0.1) is 0 Å². The first kappa shape index (κ1) is 26.2. The molecule has 202 valence electrons. The Hall–Kier alpha value is -4.37. The van der Waals surface area contributed by atoms with Gasteiger partial charge in [0.15, 0.2) is 23.0 Å². The van der Waals surface area contributed by atoms with E-state index in [1.807, 2.05) is 25.1 Å². The molecule has 10 heteroatoms. The molecule has 0 fully saturated rings. The second-order valence-corrected chi connectivity index (χ2v) is 9.46. The van der Waals surface area contributed by atoms with E-state index in [-0.39, 0.29) is 17.4 Å². The molecule has 1 aliphatic rings. The van der Waals surface area contributed by atoms with Crippen molar-refractivity contribution in [2.75, 3.05) is 27.4 Å². The number of hydrogen-bond donors (Lipinski definition) is 3. The molecule has 0 bridgehead atoms. The predicted molar refractivity (Wildman–Crippen MR) is 146 cm³/mol. The van der Waals surface area contributed by atoms with Crippen molar-refractivity contribution in [2.24, 2.45) is 0 Å². The number of rotatable bonds is 9. The lowest BCUT2D eigenvalue weighted by atomic mass is 9.95. The molecule has 1 unspecified atom stereocenters. The van der Waals surface area contributed by atoms with E-state index in [9.17, 15) is 15.0 Å². The second-order valence-electron chi connectivity index (χ2n) is 9.02. The number of hydrogen-bond acceptors (Lipinski definition) is 7. The molecule has 39 heavy (non-hydrogen) atoms. The Kier molecular flexibility index (Phi) is 7.26. The van der Waals surface area contributed by atoms with Gasteiger partial charge in [-0.05, 0) is 66.9 Å². The quantitative estimate of drug-likeness (QED) is 0.258. The zero-order chi connectivity index (χ0) is 27.7. The summed E-state index contributed by atoms with van der Waals surface area (Å²) in [6, 6.07) is 14.8. The number of H-pyrrole nitrogens is 1. The fourth-order valence-corrected chi connectivity index (χ4v) is 5.11. The first-order valence-electron chi connectivity index (χ1n) is 12.4. The molecule has 5 rings (SSSR count). The van der Waals surface area contributed by atoms with Crippen molar-refractivity contribution in [2.45, 2.75) is 19.4 Å². The highest BCUT2D eigenvalue weighted by molar-refractivity contribution is 6.31. The van der Waals surface area contributed by atoms with Crippen LogP contribution in [0.4, 0.5) is 0 Å². The topological polar surface area (TPSA) is 117 Å². The van der Waals surface area contributed by atoms with Gasteiger partial charge in [0.2, 0.25) is 0 Å². The summed E-state index contributed by atoms with van der Waals surface area (Å²) in [4.78, 5) is 15.5. The Morgan fingerprint density at radius 3 is 2.49 bits per heavy atom. The van der Waals surface area contributed by atoms with Gasteiger partial charge in [-0.2, -0.15) is 5.10 Å². The molecule has 1 atom stereocenters. The Morgan fingerprint density at radius 1 is 0.974 bits per heavy atom. The number of benzene rings is 3. The van der Waals surface area contributed by atoms with Crippen molar-refractivity contribution in [3.05, 3.63) is 82.0 Å². The minimum absolute atomic E-state index is 0.00178. The SMILES string of the molecule is CCOc1cc(C2c3c(-c4cc(Cl)ccc4O)n[nH]c3C(=O)N2CCc2ccc(OC)c(OC)c2)ccc1O. The molecule has 1 aromatic heterocycles. The highest BCUT2D eigenvalue weighted by Crippen LogP contribution is 2.46. The summed E-state index contributed by atoms with van der Waals surface area (Å²) >= 11 is 6.24. The number of aromatic nitrogens is 2. The van der Waals surface area contributed by atoms with Crippen LogP contribution in [-0.2, 0) is 6.42 Å². The first-order chi connectivity index (χ1) is 18.9. The normalized spacial score (nSPS) is 14.4. The molecule has 4 aromatic rings. The van der Waals surface area contributed by atoms with Crippen molar-refractivity contribution in [1.29, 1.82) is 0 Å². The van der Waals surface area contributed by atoms with Crippen LogP contribution in [0.1, 0.15) is 40.1 Å². The van der Waals surface area contributed by atoms with Gasteiger partial charge >= 0.3 is 0 Å². The monoisotopic (exact) mass is 549 g/mol. The third kappa shape index (κ3) is 4.81. The summed E-state index contributed by atoms with van der Waals surface area (Å²) in [5.41, 5.74) is 3.44. The molecule has 3 N–H and O–H groups in total. The maximum atomic E-state index is 13.7. The number of halogens is 1. The first-order valence-corrected chi connectivity index (χ1v) is 12.8. The van der Waals surface area contributed by atoms with E-state index >= 15 is 0 Å². The van der Waals surface area contributed by atoms with Crippen LogP contribution in [0.2, 0.25) is 5.02 Å². The van der Waals surface area contributed by atoms with Crippen LogP contribution in [0.25, 0.3) is 11.3 Å². The van der Waals surface area contributed by atoms with Crippen molar-refractivity contribution in [3.63, 3.8) is 0 Å². The van der Waals surface area contributed by atoms with Gasteiger partial charge in [0, 0.05) is 22.7 Å². The lowest BCUT2D eigenvalue weighted by Gasteiger charge is -2.27. The summed E-state index contributed by atoms with van der Waals surface area (Å²) in [5, 5.41) is 28.7. The fourth-order valence-electron chi connectivity index (χ4n) is 4.93. The van der Waals surface area contributed by atoms with Crippen molar-refractivity contribution >= 4 is 17.5 Å². The molecule has 0 saturated heterocycles. The summed E-state index contributed by atoms with van der Waals surface area (Å²) in [7, 11) is 3.16. The lowest BCUT2D eigenvalue weighted by Crippen LogP contribution is -2.31. The van der Waals surface area contributed by atoms with Crippen LogP contribution in [-0.4, -0.2) is 58.6 Å². The molecule has 3 aromatic carbocycles. The lowest BCUT2D eigenvalue weighted by molar-refractivity contribution is 0.0745. The number of methoxy groups -OCH3 is 2. The maximum absolute atomic E-state index is 13.7. The number of ether oxygens (including phenoxy) is 3. The van der Waals surface area contributed by atoms with Gasteiger partial charge in [-0.3, -0.25) is 9.89 Å². The van der Waals surface area contributed by atoms with Crippen molar-refractivity contribution < 1.29 is 29.2 Å². The summed E-state index contributed by atoms with van der Waals surface area (Å²) in [6.45, 7) is 2.56. The maximum Gasteiger partial charge on any atom is 0.273 e. The zero-order valence-corrected chi connectivity index (χ0v) is 22.5. The number of carbonyl (C=O) groups is 1. The smallest absolute Gasteiger partial charge is 0.273 e. The van der Waals surface area contributed by atoms with Gasteiger partial charge in [-0.25, -0.2) is 0 Å². The highest BCUT2D eigenvalue weighted by Gasteiger charge is 2.42. The molecule has 1 aliphatic heterocycles. The van der Waals surface area contributed by atoms with Gasteiger partial charge in [-0.1, -0.05) is 23.7 Å². The zero-order valence-electron chi connectivity index (χ0n) is 21.7. The van der Waals surface area contributed by atoms with E-state index in [1.54, 1.807) is 49.5 Å². The summed E-state index contributed by atoms with van der Waals surface area (Å²) < 4.78 is 16.4. The number of nitrogens with one attached hydrogen (secondary N) is 1. The number of nitrogens with zero attached hydrogens (tertiary/aromatic N) is 2. The number of fused-ring (bicyclic) bond motifs is 1. The van der Waals surface area contributed by atoms with Crippen molar-refractivity contribution in [1.82, 2.24) is 15.1 Å². The molecular formula is C29H28ClN3O6. The summed E-state index contributed by atoms with van der Waals surface area (Å²) in [6.07, 6.45) is 0.536. The van der Waals surface area contributed by atoms with E-state index in [4.69, 9.17) is 25.8 Å². The van der Waals surface area contributed by atoms with Crippen molar-refractivity contribution in [3.8, 4) is 40.0 Å². The Morgan fingerprint density at radius 2 is 1.74 bits per heavy atom. The van der Waals surface area contributed by atoms with E-state index in [1.165, 1.54) is 6.07 Å². The number of aromatic amines is 1. The fraction of sp³-hybridized carbons (Fsp3) is 0.241. The third-order valence-corrected chi connectivity index (χ3v) is 7.00. The van der Waals surface area contributed by atoms with Gasteiger partial charge < -0.3 is 29.3 Å². The standard InChI is InChI=1S/C29H28ClN3O6/c1-4-39-23-14-17(6-8-21(23)35)28-25-26(19-15-18(30)7-9-20(19)34)31-32-27(25)29(36)33(28)12-11-16-5-10-22(37-2)24(13-16)38-3/h5-10,13-15,28,34-35H,4,11-12H2,1-3H3,(H,31,32). The molecule has 0 spiro atoms. The Bertz CT molecular complexity index is 1540. The van der Waals surface area contributed by atoms with E-state index < -0.39 is 6.04 Å². The molecule has 9 nitrogen and oxygen atoms in total. The van der Waals surface area contributed by atoms with Gasteiger partial charge in [0.25, 0.3) is 5.91 Å². The van der Waals surface area contributed by atoms with Crippen LogP contribution in [0.3, 0.4) is 0 Å². The molecular weight excluding hydrogens is 522 g/mol. The molecule has 0 saturated carbocycles. The number of aromatic hydroxyl groups is 2. The molecule has 1 amide bonds. The second kappa shape index (κ2) is 10.8.